The van der Waals surface area contributed by atoms with Gasteiger partial charge in [-0.15, -0.1) is 0 Å². The molecule has 0 bridgehead atoms. The molecule has 0 spiro atoms. The monoisotopic (exact) mass is 326 g/mol. The summed E-state index contributed by atoms with van der Waals surface area (Å²) in [6, 6.07) is 10.1. The summed E-state index contributed by atoms with van der Waals surface area (Å²) in [6.07, 6.45) is 7.69. The molecule has 0 aliphatic carbocycles. The van der Waals surface area contributed by atoms with Gasteiger partial charge in [0, 0.05) is 18.8 Å². The van der Waals surface area contributed by atoms with Crippen LogP contribution in [-0.2, 0) is 4.79 Å². The number of amides is 1. The lowest BCUT2D eigenvalue weighted by atomic mass is 9.93. The van der Waals surface area contributed by atoms with Crippen molar-refractivity contribution in [2.45, 2.75) is 38.6 Å². The fourth-order valence-corrected chi connectivity index (χ4v) is 3.24. The molecular weight excluding hydrogens is 300 g/mol. The molecule has 1 atom stereocenters. The Morgan fingerprint density at radius 1 is 1.33 bits per heavy atom. The van der Waals surface area contributed by atoms with Crippen molar-refractivity contribution in [3.05, 3.63) is 48.3 Å². The number of carbonyl (C=O) groups excluding carboxylic acids is 1. The van der Waals surface area contributed by atoms with Crippen molar-refractivity contribution in [2.75, 3.05) is 13.1 Å². The molecular formula is C19H26N4O. The second kappa shape index (κ2) is 8.11. The molecule has 1 aromatic carbocycles. The number of piperidine rings is 1. The summed E-state index contributed by atoms with van der Waals surface area (Å²) in [7, 11) is 0. The first-order chi connectivity index (χ1) is 11.7. The van der Waals surface area contributed by atoms with Crippen LogP contribution in [0.1, 0.15) is 44.2 Å². The van der Waals surface area contributed by atoms with Crippen LogP contribution in [0.2, 0.25) is 0 Å². The van der Waals surface area contributed by atoms with Gasteiger partial charge in [0.25, 0.3) is 0 Å². The van der Waals surface area contributed by atoms with Crippen LogP contribution in [-0.4, -0.2) is 28.8 Å². The third-order valence-corrected chi connectivity index (χ3v) is 4.78. The van der Waals surface area contributed by atoms with Crippen molar-refractivity contribution in [2.24, 2.45) is 5.92 Å². The summed E-state index contributed by atoms with van der Waals surface area (Å²) in [5.74, 6) is 0.845. The Morgan fingerprint density at radius 3 is 2.75 bits per heavy atom. The largest absolute Gasteiger partial charge is 0.350 e. The summed E-state index contributed by atoms with van der Waals surface area (Å²) in [5, 5.41) is 10.7. The number of carbonyl (C=O) groups is 1. The molecule has 1 saturated heterocycles. The second-order valence-electron chi connectivity index (χ2n) is 6.56. The Bertz CT molecular complexity index is 630. The molecule has 3 rings (SSSR count). The number of aromatic nitrogens is 2. The van der Waals surface area contributed by atoms with Gasteiger partial charge in [0.2, 0.25) is 5.91 Å². The zero-order valence-corrected chi connectivity index (χ0v) is 14.2. The number of hydrogen-bond acceptors (Lipinski definition) is 3. The van der Waals surface area contributed by atoms with Gasteiger partial charge in [-0.2, -0.15) is 5.10 Å². The lowest BCUT2D eigenvalue weighted by Crippen LogP contribution is -2.30. The Labute approximate surface area is 143 Å². The molecule has 0 saturated carbocycles. The Kier molecular flexibility index (Phi) is 5.64. The number of hydrogen-bond donors (Lipinski definition) is 2. The summed E-state index contributed by atoms with van der Waals surface area (Å²) in [4.78, 5) is 12.2. The van der Waals surface area contributed by atoms with Crippen molar-refractivity contribution >= 4 is 5.91 Å². The van der Waals surface area contributed by atoms with E-state index < -0.39 is 0 Å². The summed E-state index contributed by atoms with van der Waals surface area (Å²) in [5.41, 5.74) is 2.13. The van der Waals surface area contributed by atoms with Crippen LogP contribution in [0.15, 0.2) is 42.7 Å². The van der Waals surface area contributed by atoms with E-state index in [0.29, 0.717) is 12.3 Å². The van der Waals surface area contributed by atoms with E-state index in [2.05, 4.69) is 27.9 Å². The highest BCUT2D eigenvalue weighted by Gasteiger charge is 2.15. The molecule has 24 heavy (non-hydrogen) atoms. The van der Waals surface area contributed by atoms with Crippen molar-refractivity contribution < 1.29 is 4.79 Å². The van der Waals surface area contributed by atoms with Crippen LogP contribution in [0, 0.1) is 5.92 Å². The predicted molar refractivity (Wildman–Crippen MR) is 94.9 cm³/mol. The molecule has 0 radical (unpaired) electrons. The van der Waals surface area contributed by atoms with Crippen molar-refractivity contribution in [3.63, 3.8) is 0 Å². The normalized spacial score (nSPS) is 16.7. The van der Waals surface area contributed by atoms with E-state index in [-0.39, 0.29) is 11.9 Å². The summed E-state index contributed by atoms with van der Waals surface area (Å²) < 4.78 is 1.83. The maximum absolute atomic E-state index is 12.2. The van der Waals surface area contributed by atoms with E-state index in [1.807, 2.05) is 36.0 Å². The molecule has 5 heteroatoms. The van der Waals surface area contributed by atoms with E-state index in [1.54, 1.807) is 6.20 Å². The lowest BCUT2D eigenvalue weighted by Gasteiger charge is -2.22. The molecule has 5 nitrogen and oxygen atoms in total. The van der Waals surface area contributed by atoms with Gasteiger partial charge in [0.05, 0.1) is 11.7 Å². The van der Waals surface area contributed by atoms with Gasteiger partial charge in [0.1, 0.15) is 0 Å². The topological polar surface area (TPSA) is 59.0 Å². The van der Waals surface area contributed by atoms with Gasteiger partial charge in [-0.1, -0.05) is 12.1 Å². The number of benzene rings is 1. The van der Waals surface area contributed by atoms with E-state index in [4.69, 9.17) is 0 Å². The minimum atomic E-state index is 0.0252. The minimum absolute atomic E-state index is 0.0252. The van der Waals surface area contributed by atoms with Gasteiger partial charge in [-0.25, -0.2) is 4.68 Å². The van der Waals surface area contributed by atoms with Gasteiger partial charge < -0.3 is 10.6 Å². The van der Waals surface area contributed by atoms with Gasteiger partial charge in [-0.05, 0) is 69.0 Å². The zero-order valence-electron chi connectivity index (χ0n) is 14.2. The lowest BCUT2D eigenvalue weighted by molar-refractivity contribution is -0.122. The minimum Gasteiger partial charge on any atom is -0.350 e. The summed E-state index contributed by atoms with van der Waals surface area (Å²) in [6.45, 7) is 4.21. The predicted octanol–water partition coefficient (Wildman–Crippen LogP) is 2.83. The number of rotatable bonds is 6. The number of nitrogens with one attached hydrogen (secondary N) is 2. The van der Waals surface area contributed by atoms with Crippen LogP contribution in [0.4, 0.5) is 0 Å². The van der Waals surface area contributed by atoms with Crippen molar-refractivity contribution in [3.8, 4) is 5.69 Å². The standard InChI is InChI=1S/C19H26N4O/c1-15(22-19(24)8-3-16-9-12-20-13-10-16)17-4-6-18(7-5-17)23-14-2-11-21-23/h2,4-7,11,14-16,20H,3,8-10,12-13H2,1H3,(H,22,24). The molecule has 1 unspecified atom stereocenters. The zero-order chi connectivity index (χ0) is 16.8. The number of nitrogens with zero attached hydrogens (tertiary/aromatic N) is 2. The third-order valence-electron chi connectivity index (χ3n) is 4.78. The van der Waals surface area contributed by atoms with Crippen LogP contribution < -0.4 is 10.6 Å². The molecule has 1 aliphatic rings. The molecule has 2 aromatic rings. The first kappa shape index (κ1) is 16.7. The molecule has 1 aromatic heterocycles. The molecule has 1 aliphatic heterocycles. The van der Waals surface area contributed by atoms with Crippen molar-refractivity contribution in [1.82, 2.24) is 20.4 Å². The van der Waals surface area contributed by atoms with Gasteiger partial charge >= 0.3 is 0 Å². The van der Waals surface area contributed by atoms with E-state index in [0.717, 1.165) is 30.8 Å². The fraction of sp³-hybridized carbons (Fsp3) is 0.474. The highest BCUT2D eigenvalue weighted by Crippen LogP contribution is 2.19. The van der Waals surface area contributed by atoms with Crippen LogP contribution in [0.3, 0.4) is 0 Å². The quantitative estimate of drug-likeness (QED) is 0.858. The SMILES string of the molecule is CC(NC(=O)CCC1CCNCC1)c1ccc(-n2cccn2)cc1. The molecule has 128 valence electrons. The van der Waals surface area contributed by atoms with Crippen LogP contribution in [0.25, 0.3) is 5.69 Å². The molecule has 1 fully saturated rings. The first-order valence-electron chi connectivity index (χ1n) is 8.82. The fourth-order valence-electron chi connectivity index (χ4n) is 3.24. The van der Waals surface area contributed by atoms with Crippen molar-refractivity contribution in [1.29, 1.82) is 0 Å². The highest BCUT2D eigenvalue weighted by atomic mass is 16.1. The van der Waals surface area contributed by atoms with Gasteiger partial charge in [-0.3, -0.25) is 4.79 Å². The Balaban J connectivity index is 1.48. The van der Waals surface area contributed by atoms with Crippen LogP contribution >= 0.6 is 0 Å². The van der Waals surface area contributed by atoms with Gasteiger partial charge in [0.15, 0.2) is 0 Å². The molecule has 2 heterocycles. The Hall–Kier alpha value is -2.14. The molecule has 2 N–H and O–H groups in total. The smallest absolute Gasteiger partial charge is 0.220 e. The average Bonchev–Trinajstić information content (AvgIpc) is 3.16. The maximum atomic E-state index is 12.2. The first-order valence-corrected chi connectivity index (χ1v) is 8.82. The summed E-state index contributed by atoms with van der Waals surface area (Å²) >= 11 is 0. The second-order valence-corrected chi connectivity index (χ2v) is 6.56. The van der Waals surface area contributed by atoms with E-state index in [9.17, 15) is 4.79 Å². The highest BCUT2D eigenvalue weighted by molar-refractivity contribution is 5.76. The average molecular weight is 326 g/mol. The third kappa shape index (κ3) is 4.45. The van der Waals surface area contributed by atoms with Crippen LogP contribution in [0.5, 0.6) is 0 Å². The van der Waals surface area contributed by atoms with E-state index >= 15 is 0 Å². The molecule has 1 amide bonds. The maximum Gasteiger partial charge on any atom is 0.220 e. The Morgan fingerprint density at radius 2 is 2.08 bits per heavy atom. The van der Waals surface area contributed by atoms with E-state index in [1.165, 1.54) is 12.8 Å².